The first-order chi connectivity index (χ1) is 5.02. The maximum Gasteiger partial charge on any atom is 0.507 e. The van der Waals surface area contributed by atoms with Crippen LogP contribution in [0.2, 0.25) is 0 Å². The first-order valence-corrected chi connectivity index (χ1v) is 3.43. The number of ether oxygens (including phenoxy) is 2. The molecule has 0 heterocycles. The van der Waals surface area contributed by atoms with Gasteiger partial charge in [-0.05, 0) is 20.8 Å². The van der Waals surface area contributed by atoms with Gasteiger partial charge in [0.2, 0.25) is 0 Å². The summed E-state index contributed by atoms with van der Waals surface area (Å²) in [5.41, 5.74) is -0.758. The zero-order valence-electron chi connectivity index (χ0n) is 7.09. The Morgan fingerprint density at radius 1 is 1.64 bits per heavy atom. The van der Waals surface area contributed by atoms with Crippen LogP contribution in [0.3, 0.4) is 0 Å². The Kier molecular flexibility index (Phi) is 4.08. The van der Waals surface area contributed by atoms with Gasteiger partial charge in [-0.2, -0.15) is 0 Å². The summed E-state index contributed by atoms with van der Waals surface area (Å²) < 4.78 is 9.33. The SMILES string of the molecule is [B][B]C(C)(C)OC(=O)OCC. The molecule has 0 spiro atoms. The van der Waals surface area contributed by atoms with E-state index in [1.807, 2.05) is 0 Å². The van der Waals surface area contributed by atoms with Crippen LogP contribution in [0.5, 0.6) is 0 Å². The Hall–Kier alpha value is -0.600. The maximum absolute atomic E-state index is 10.7. The van der Waals surface area contributed by atoms with Gasteiger partial charge >= 0.3 is 6.16 Å². The number of carbonyl (C=O) groups is 1. The van der Waals surface area contributed by atoms with Crippen LogP contribution in [0.1, 0.15) is 20.8 Å². The van der Waals surface area contributed by atoms with Gasteiger partial charge < -0.3 is 9.47 Å². The number of rotatable bonds is 3. The molecule has 0 aromatic carbocycles. The Bertz CT molecular complexity index is 136. The zero-order chi connectivity index (χ0) is 8.91. The molecule has 11 heavy (non-hydrogen) atoms. The molecular formula is C6H11B2O3. The van der Waals surface area contributed by atoms with E-state index in [1.165, 1.54) is 7.17 Å². The van der Waals surface area contributed by atoms with Crippen molar-refractivity contribution in [1.82, 2.24) is 0 Å². The molecule has 0 bridgehead atoms. The quantitative estimate of drug-likeness (QED) is 0.441. The largest absolute Gasteiger partial charge is 0.507 e. The fraction of sp³-hybridized carbons (Fsp3) is 0.833. The molecule has 0 saturated carbocycles. The second kappa shape index (κ2) is 4.31. The molecule has 0 amide bonds. The molecule has 3 nitrogen and oxygen atoms in total. The van der Waals surface area contributed by atoms with E-state index < -0.39 is 11.7 Å². The first kappa shape index (κ1) is 10.4. The third kappa shape index (κ3) is 4.76. The highest BCUT2D eigenvalue weighted by molar-refractivity contribution is 6.91. The van der Waals surface area contributed by atoms with Crippen LogP contribution in [-0.2, 0) is 9.47 Å². The van der Waals surface area contributed by atoms with Gasteiger partial charge in [0.25, 0.3) is 0 Å². The summed E-state index contributed by atoms with van der Waals surface area (Å²) in [4.78, 5) is 10.7. The minimum atomic E-state index is -0.758. The normalized spacial score (nSPS) is 10.5. The van der Waals surface area contributed by atoms with E-state index in [4.69, 9.17) is 12.5 Å². The van der Waals surface area contributed by atoms with Gasteiger partial charge in [0.05, 0.1) is 12.1 Å². The second-order valence-electron chi connectivity index (χ2n) is 2.56. The summed E-state index contributed by atoms with van der Waals surface area (Å²) in [6.07, 6.45) is -0.695. The minimum Gasteiger partial charge on any atom is -0.439 e. The average molecular weight is 153 g/mol. The van der Waals surface area contributed by atoms with E-state index in [1.54, 1.807) is 20.8 Å². The van der Waals surface area contributed by atoms with Gasteiger partial charge in [-0.15, -0.1) is 0 Å². The van der Waals surface area contributed by atoms with Crippen LogP contribution in [0.15, 0.2) is 0 Å². The van der Waals surface area contributed by atoms with E-state index in [-0.39, 0.29) is 0 Å². The number of carbonyl (C=O) groups excluding carboxylic acids is 1. The van der Waals surface area contributed by atoms with Gasteiger partial charge in [-0.3, -0.25) is 0 Å². The van der Waals surface area contributed by atoms with Crippen LogP contribution in [-0.4, -0.2) is 33.2 Å². The summed E-state index contributed by atoms with van der Waals surface area (Å²) in [6, 6.07) is 0. The van der Waals surface area contributed by atoms with Gasteiger partial charge in [0, 0.05) is 7.74 Å². The van der Waals surface area contributed by atoms with Gasteiger partial charge in [-0.25, -0.2) is 4.79 Å². The van der Waals surface area contributed by atoms with E-state index in [0.717, 1.165) is 0 Å². The molecule has 0 aliphatic heterocycles. The van der Waals surface area contributed by atoms with Crippen LogP contribution in [0.4, 0.5) is 4.79 Å². The van der Waals surface area contributed by atoms with Crippen molar-refractivity contribution in [2.24, 2.45) is 0 Å². The second-order valence-corrected chi connectivity index (χ2v) is 2.56. The zero-order valence-corrected chi connectivity index (χ0v) is 7.09. The maximum atomic E-state index is 10.7. The fourth-order valence-electron chi connectivity index (χ4n) is 0.396. The van der Waals surface area contributed by atoms with Crippen LogP contribution >= 0.6 is 0 Å². The first-order valence-electron chi connectivity index (χ1n) is 3.43. The predicted molar refractivity (Wildman–Crippen MR) is 43.7 cm³/mol. The van der Waals surface area contributed by atoms with Gasteiger partial charge in [0.1, 0.15) is 7.17 Å². The molecule has 0 N–H and O–H groups in total. The van der Waals surface area contributed by atoms with Crippen molar-refractivity contribution in [3.63, 3.8) is 0 Å². The van der Waals surface area contributed by atoms with Crippen LogP contribution in [0, 0.1) is 0 Å². The van der Waals surface area contributed by atoms with Crippen molar-refractivity contribution in [2.75, 3.05) is 6.61 Å². The van der Waals surface area contributed by atoms with Gasteiger partial charge in [0.15, 0.2) is 0 Å². The lowest BCUT2D eigenvalue weighted by Crippen LogP contribution is -2.35. The highest BCUT2D eigenvalue weighted by Crippen LogP contribution is 2.06. The Morgan fingerprint density at radius 2 is 2.18 bits per heavy atom. The van der Waals surface area contributed by atoms with Crippen molar-refractivity contribution in [3.05, 3.63) is 0 Å². The van der Waals surface area contributed by atoms with Crippen LogP contribution in [0.25, 0.3) is 0 Å². The van der Waals surface area contributed by atoms with Crippen molar-refractivity contribution < 1.29 is 14.3 Å². The third-order valence-electron chi connectivity index (χ3n) is 1.01. The van der Waals surface area contributed by atoms with Crippen molar-refractivity contribution >= 4 is 21.1 Å². The van der Waals surface area contributed by atoms with Gasteiger partial charge in [-0.1, -0.05) is 0 Å². The molecule has 59 valence electrons. The van der Waals surface area contributed by atoms with E-state index in [9.17, 15) is 4.79 Å². The summed E-state index contributed by atoms with van der Waals surface area (Å²) in [5.74, 6) is 0. The monoisotopic (exact) mass is 153 g/mol. The molecular weight excluding hydrogens is 142 g/mol. The van der Waals surface area contributed by atoms with Crippen molar-refractivity contribution in [2.45, 2.75) is 26.3 Å². The lowest BCUT2D eigenvalue weighted by Gasteiger charge is -2.22. The Labute approximate surface area is 69.1 Å². The van der Waals surface area contributed by atoms with Crippen molar-refractivity contribution in [3.8, 4) is 0 Å². The van der Waals surface area contributed by atoms with E-state index >= 15 is 0 Å². The predicted octanol–water partition coefficient (Wildman–Crippen LogP) is 0.683. The van der Waals surface area contributed by atoms with Crippen molar-refractivity contribution in [1.29, 1.82) is 0 Å². The third-order valence-corrected chi connectivity index (χ3v) is 1.01. The fourth-order valence-corrected chi connectivity index (χ4v) is 0.396. The molecule has 0 aromatic heterocycles. The molecule has 3 radical (unpaired) electrons. The lowest BCUT2D eigenvalue weighted by atomic mass is 9.46. The smallest absolute Gasteiger partial charge is 0.439 e. The summed E-state index contributed by atoms with van der Waals surface area (Å²) in [5, 5.41) is 0. The molecule has 0 atom stereocenters. The standard InChI is InChI=1S/C6H11B2O3/c1-4-10-5(9)11-6(2,3)8-7/h4H2,1-3H3. The molecule has 0 saturated heterocycles. The highest BCUT2D eigenvalue weighted by Gasteiger charge is 2.20. The Morgan fingerprint density at radius 3 is 2.55 bits per heavy atom. The average Bonchev–Trinajstić information content (AvgIpc) is 1.87. The molecule has 0 aliphatic carbocycles. The molecule has 0 aromatic rings. The summed E-state index contributed by atoms with van der Waals surface area (Å²) >= 11 is 0. The lowest BCUT2D eigenvalue weighted by molar-refractivity contribution is 0.0217. The molecule has 5 heteroatoms. The number of hydrogen-bond donors (Lipinski definition) is 0. The molecule has 0 unspecified atom stereocenters. The topological polar surface area (TPSA) is 35.5 Å². The Balaban J connectivity index is 3.74. The minimum absolute atomic E-state index is 0.305. The number of hydrogen-bond acceptors (Lipinski definition) is 3. The van der Waals surface area contributed by atoms with E-state index in [2.05, 4.69) is 4.74 Å². The summed E-state index contributed by atoms with van der Waals surface area (Å²) in [6.45, 7) is 5.35. The summed E-state index contributed by atoms with van der Waals surface area (Å²) in [7, 11) is 6.49. The molecule has 0 fully saturated rings. The van der Waals surface area contributed by atoms with E-state index in [0.29, 0.717) is 6.61 Å². The molecule has 0 aliphatic rings. The highest BCUT2D eigenvalue weighted by atomic mass is 16.7. The molecule has 0 rings (SSSR count). The van der Waals surface area contributed by atoms with Crippen LogP contribution < -0.4 is 0 Å².